The van der Waals surface area contributed by atoms with Crippen LogP contribution < -0.4 is 11.1 Å². The fourth-order valence-electron chi connectivity index (χ4n) is 1.08. The van der Waals surface area contributed by atoms with Crippen LogP contribution in [0, 0.1) is 11.7 Å². The Kier molecular flexibility index (Phi) is 4.26. The molecule has 0 heterocycles. The van der Waals surface area contributed by atoms with Crippen molar-refractivity contribution in [1.29, 1.82) is 0 Å². The third-order valence-corrected chi connectivity index (χ3v) is 2.62. The quantitative estimate of drug-likeness (QED) is 0.858. The highest BCUT2D eigenvalue weighted by molar-refractivity contribution is 6.30. The van der Waals surface area contributed by atoms with Gasteiger partial charge < -0.3 is 11.1 Å². The Labute approximate surface area is 98.8 Å². The van der Waals surface area contributed by atoms with E-state index in [1.54, 1.807) is 13.8 Å². The van der Waals surface area contributed by atoms with E-state index in [0.29, 0.717) is 5.02 Å². The van der Waals surface area contributed by atoms with Gasteiger partial charge in [-0.05, 0) is 25.1 Å². The maximum absolute atomic E-state index is 13.3. The van der Waals surface area contributed by atoms with Gasteiger partial charge in [-0.25, -0.2) is 4.39 Å². The summed E-state index contributed by atoms with van der Waals surface area (Å²) in [5.41, 5.74) is 5.65. The Morgan fingerprint density at radius 1 is 1.50 bits per heavy atom. The van der Waals surface area contributed by atoms with Crippen LogP contribution in [0.5, 0.6) is 0 Å². The minimum Gasteiger partial charge on any atom is -0.327 e. The summed E-state index contributed by atoms with van der Waals surface area (Å²) in [6.45, 7) is 3.40. The number of hydrogen-bond donors (Lipinski definition) is 2. The molecular formula is C11H14ClFN2O. The third-order valence-electron chi connectivity index (χ3n) is 2.39. The molecule has 1 rings (SSSR count). The van der Waals surface area contributed by atoms with E-state index in [0.717, 1.165) is 0 Å². The summed E-state index contributed by atoms with van der Waals surface area (Å²) in [6, 6.07) is 3.70. The van der Waals surface area contributed by atoms with Crippen molar-refractivity contribution >= 4 is 23.2 Å². The molecule has 0 bridgehead atoms. The summed E-state index contributed by atoms with van der Waals surface area (Å²) < 4.78 is 13.3. The van der Waals surface area contributed by atoms with Crippen LogP contribution in [0.25, 0.3) is 0 Å². The van der Waals surface area contributed by atoms with Gasteiger partial charge in [0.2, 0.25) is 5.91 Å². The van der Waals surface area contributed by atoms with Crippen LogP contribution in [0.3, 0.4) is 0 Å². The summed E-state index contributed by atoms with van der Waals surface area (Å²) >= 11 is 5.70. The number of amides is 1. The Morgan fingerprint density at radius 2 is 2.12 bits per heavy atom. The van der Waals surface area contributed by atoms with Crippen molar-refractivity contribution in [2.45, 2.75) is 19.9 Å². The Morgan fingerprint density at radius 3 is 2.69 bits per heavy atom. The molecule has 0 saturated heterocycles. The predicted octanol–water partition coefficient (Wildman–Crippen LogP) is 2.40. The van der Waals surface area contributed by atoms with Gasteiger partial charge in [-0.1, -0.05) is 18.5 Å². The molecule has 0 aliphatic carbocycles. The van der Waals surface area contributed by atoms with Gasteiger partial charge in [-0.2, -0.15) is 0 Å². The number of nitrogens with two attached hydrogens (primary N) is 1. The van der Waals surface area contributed by atoms with E-state index >= 15 is 0 Å². The van der Waals surface area contributed by atoms with E-state index in [9.17, 15) is 9.18 Å². The summed E-state index contributed by atoms with van der Waals surface area (Å²) in [5, 5.41) is 2.82. The zero-order valence-electron chi connectivity index (χ0n) is 9.13. The highest BCUT2D eigenvalue weighted by Crippen LogP contribution is 2.20. The molecule has 16 heavy (non-hydrogen) atoms. The maximum Gasteiger partial charge on any atom is 0.228 e. The van der Waals surface area contributed by atoms with Crippen LogP contribution in [0.4, 0.5) is 10.1 Å². The van der Waals surface area contributed by atoms with Crippen molar-refractivity contribution < 1.29 is 9.18 Å². The minimum absolute atomic E-state index is 0.0741. The SMILES string of the molecule is CC(N)C(C)C(=O)Nc1cc(Cl)ccc1F. The molecule has 3 nitrogen and oxygen atoms in total. The van der Waals surface area contributed by atoms with Gasteiger partial charge in [-0.15, -0.1) is 0 Å². The molecule has 0 spiro atoms. The fraction of sp³-hybridized carbons (Fsp3) is 0.364. The van der Waals surface area contributed by atoms with Crippen molar-refractivity contribution in [3.8, 4) is 0 Å². The lowest BCUT2D eigenvalue weighted by molar-refractivity contribution is -0.119. The van der Waals surface area contributed by atoms with Crippen molar-refractivity contribution in [2.24, 2.45) is 11.7 Å². The first-order chi connectivity index (χ1) is 7.41. The zero-order chi connectivity index (χ0) is 12.3. The van der Waals surface area contributed by atoms with Gasteiger partial charge in [0.05, 0.1) is 11.6 Å². The van der Waals surface area contributed by atoms with Gasteiger partial charge in [0.25, 0.3) is 0 Å². The monoisotopic (exact) mass is 244 g/mol. The fourth-order valence-corrected chi connectivity index (χ4v) is 1.25. The van der Waals surface area contributed by atoms with Crippen LogP contribution in [0.1, 0.15) is 13.8 Å². The van der Waals surface area contributed by atoms with Crippen molar-refractivity contribution in [3.05, 3.63) is 29.0 Å². The van der Waals surface area contributed by atoms with E-state index in [-0.39, 0.29) is 17.6 Å². The van der Waals surface area contributed by atoms with E-state index in [1.807, 2.05) is 0 Å². The van der Waals surface area contributed by atoms with E-state index < -0.39 is 11.7 Å². The number of benzene rings is 1. The molecule has 3 N–H and O–H groups in total. The highest BCUT2D eigenvalue weighted by Gasteiger charge is 2.18. The predicted molar refractivity (Wildman–Crippen MR) is 62.9 cm³/mol. The van der Waals surface area contributed by atoms with Crippen LogP contribution in [0.2, 0.25) is 5.02 Å². The third kappa shape index (κ3) is 3.18. The molecule has 0 aliphatic rings. The van der Waals surface area contributed by atoms with Gasteiger partial charge in [0.1, 0.15) is 5.82 Å². The molecular weight excluding hydrogens is 231 g/mol. The summed E-state index contributed by atoms with van der Waals surface area (Å²) in [5.74, 6) is -1.23. The molecule has 0 radical (unpaired) electrons. The van der Waals surface area contributed by atoms with E-state index in [1.165, 1.54) is 18.2 Å². The smallest absolute Gasteiger partial charge is 0.228 e. The van der Waals surface area contributed by atoms with Crippen molar-refractivity contribution in [1.82, 2.24) is 0 Å². The van der Waals surface area contributed by atoms with Crippen LogP contribution in [-0.2, 0) is 4.79 Å². The number of nitrogens with one attached hydrogen (secondary N) is 1. The molecule has 1 aromatic rings. The first kappa shape index (κ1) is 12.9. The van der Waals surface area contributed by atoms with Crippen molar-refractivity contribution in [2.75, 3.05) is 5.32 Å². The summed E-state index contributed by atoms with van der Waals surface area (Å²) in [6.07, 6.45) is 0. The topological polar surface area (TPSA) is 55.1 Å². The molecule has 0 saturated carbocycles. The molecule has 1 amide bonds. The summed E-state index contributed by atoms with van der Waals surface area (Å²) in [4.78, 5) is 11.6. The number of carbonyl (C=O) groups is 1. The van der Waals surface area contributed by atoms with Gasteiger partial charge in [0.15, 0.2) is 0 Å². The molecule has 88 valence electrons. The first-order valence-corrected chi connectivity index (χ1v) is 5.31. The lowest BCUT2D eigenvalue weighted by Gasteiger charge is -2.15. The van der Waals surface area contributed by atoms with Gasteiger partial charge >= 0.3 is 0 Å². The molecule has 2 atom stereocenters. The first-order valence-electron chi connectivity index (χ1n) is 4.93. The van der Waals surface area contributed by atoms with Crippen LogP contribution in [0.15, 0.2) is 18.2 Å². The Balaban J connectivity index is 2.80. The Bertz CT molecular complexity index is 396. The lowest BCUT2D eigenvalue weighted by Crippen LogP contribution is -2.34. The standard InChI is InChI=1S/C11H14ClFN2O/c1-6(7(2)14)11(16)15-10-5-8(12)3-4-9(10)13/h3-7H,14H2,1-2H3,(H,15,16). The molecule has 1 aromatic carbocycles. The minimum atomic E-state index is -0.519. The van der Waals surface area contributed by atoms with E-state index in [4.69, 9.17) is 17.3 Å². The molecule has 0 aliphatic heterocycles. The molecule has 2 unspecified atom stereocenters. The summed E-state index contributed by atoms with van der Waals surface area (Å²) in [7, 11) is 0. The Hall–Kier alpha value is -1.13. The zero-order valence-corrected chi connectivity index (χ0v) is 9.88. The number of halogens is 2. The average molecular weight is 245 g/mol. The number of hydrogen-bond acceptors (Lipinski definition) is 2. The largest absolute Gasteiger partial charge is 0.327 e. The number of rotatable bonds is 3. The van der Waals surface area contributed by atoms with Gasteiger partial charge in [-0.3, -0.25) is 4.79 Å². The average Bonchev–Trinajstić information content (AvgIpc) is 2.22. The second-order valence-corrected chi connectivity index (χ2v) is 4.20. The molecule has 0 aromatic heterocycles. The normalized spacial score (nSPS) is 14.3. The lowest BCUT2D eigenvalue weighted by atomic mass is 10.0. The van der Waals surface area contributed by atoms with E-state index in [2.05, 4.69) is 5.32 Å². The highest BCUT2D eigenvalue weighted by atomic mass is 35.5. The van der Waals surface area contributed by atoms with Crippen molar-refractivity contribution in [3.63, 3.8) is 0 Å². The second-order valence-electron chi connectivity index (χ2n) is 3.76. The van der Waals surface area contributed by atoms with Gasteiger partial charge in [0, 0.05) is 11.1 Å². The second kappa shape index (κ2) is 5.27. The number of carbonyl (C=O) groups excluding carboxylic acids is 1. The molecule has 0 fully saturated rings. The maximum atomic E-state index is 13.3. The van der Waals surface area contributed by atoms with Crippen LogP contribution in [-0.4, -0.2) is 11.9 Å². The van der Waals surface area contributed by atoms with Crippen LogP contribution >= 0.6 is 11.6 Å². The molecule has 5 heteroatoms. The number of anilines is 1.